The van der Waals surface area contributed by atoms with Gasteiger partial charge < -0.3 is 12.4 Å². The number of halogens is 1. The van der Waals surface area contributed by atoms with E-state index < -0.39 is 0 Å². The topological polar surface area (TPSA) is 0 Å². The molecule has 0 rings (SSSR count). The van der Waals surface area contributed by atoms with Crippen molar-refractivity contribution in [2.24, 2.45) is 5.92 Å². The molecule has 0 saturated carbocycles. The van der Waals surface area contributed by atoms with Crippen molar-refractivity contribution in [3.8, 4) is 0 Å². The Hall–Kier alpha value is 1.06. The van der Waals surface area contributed by atoms with Crippen LogP contribution in [0.3, 0.4) is 0 Å². The Morgan fingerprint density at radius 1 is 1.22 bits per heavy atom. The number of unbranched alkanes of at least 4 members (excludes halogenated alkanes) is 1. The first-order chi connectivity index (χ1) is 3.77. The standard InChI is InChI=1S/C7H15.ClH.Mg/c1-4-5-6-7(2)3;;/h7H,1,4-6H2,2-3H3;1H;/q;;+1/p-1. The predicted octanol–water partition coefficient (Wildman–Crippen LogP) is -0.596. The summed E-state index contributed by atoms with van der Waals surface area (Å²) in [5, 5.41) is 0. The Kier molecular flexibility index (Phi) is 12.8. The average Bonchev–Trinajstić information content (AvgIpc) is 1.66. The van der Waals surface area contributed by atoms with Gasteiger partial charge in [0.2, 0.25) is 0 Å². The maximum Gasteiger partial charge on any atom is -1.00 e. The van der Waals surface area contributed by atoms with Crippen LogP contribution < -0.4 is 12.4 Å². The van der Waals surface area contributed by atoms with Crippen LogP contribution in [-0.2, 0) is 0 Å². The van der Waals surface area contributed by atoms with Gasteiger partial charge in [-0.3, -0.25) is 0 Å². The molecule has 0 amide bonds. The van der Waals surface area contributed by atoms with E-state index in [1.165, 1.54) is 23.8 Å². The van der Waals surface area contributed by atoms with Gasteiger partial charge in [-0.25, -0.2) is 0 Å². The van der Waals surface area contributed by atoms with Crippen LogP contribution >= 0.6 is 0 Å². The van der Waals surface area contributed by atoms with Crippen LogP contribution in [0.1, 0.15) is 33.1 Å². The van der Waals surface area contributed by atoms with Crippen molar-refractivity contribution >= 4 is 21.7 Å². The quantitative estimate of drug-likeness (QED) is 0.379. The third-order valence-corrected chi connectivity index (χ3v) is 1.78. The van der Waals surface area contributed by atoms with Crippen molar-refractivity contribution in [1.82, 2.24) is 0 Å². The van der Waals surface area contributed by atoms with E-state index in [4.69, 9.17) is 0 Å². The third-order valence-electron chi connectivity index (χ3n) is 1.28. The molecular formula is C7H15ClMg. The summed E-state index contributed by atoms with van der Waals surface area (Å²) in [5.41, 5.74) is 0. The van der Waals surface area contributed by atoms with Gasteiger partial charge in [-0.2, -0.15) is 0 Å². The Labute approximate surface area is 77.6 Å². The molecule has 52 valence electrons. The predicted molar refractivity (Wildman–Crippen MR) is 39.3 cm³/mol. The van der Waals surface area contributed by atoms with E-state index in [9.17, 15) is 0 Å². The SMILES string of the molecule is CC(C)CCC[CH2][Mg+].[Cl-]. The van der Waals surface area contributed by atoms with Crippen molar-refractivity contribution < 1.29 is 12.4 Å². The molecule has 0 unspecified atom stereocenters. The summed E-state index contributed by atoms with van der Waals surface area (Å²) >= 11 is 2.08. The van der Waals surface area contributed by atoms with E-state index in [0.29, 0.717) is 0 Å². The first-order valence-corrected chi connectivity index (χ1v) is 4.56. The summed E-state index contributed by atoms with van der Waals surface area (Å²) < 4.78 is 1.38. The van der Waals surface area contributed by atoms with Crippen molar-refractivity contribution in [3.05, 3.63) is 0 Å². The van der Waals surface area contributed by atoms with Gasteiger partial charge in [-0.1, -0.05) is 0 Å². The third kappa shape index (κ3) is 12.3. The molecule has 0 atom stereocenters. The van der Waals surface area contributed by atoms with Gasteiger partial charge in [0, 0.05) is 0 Å². The molecule has 0 aliphatic rings. The van der Waals surface area contributed by atoms with E-state index in [-0.39, 0.29) is 12.4 Å². The number of hydrogen-bond acceptors (Lipinski definition) is 0. The summed E-state index contributed by atoms with van der Waals surface area (Å²) in [7, 11) is 0. The van der Waals surface area contributed by atoms with Crippen LogP contribution in [0.2, 0.25) is 4.55 Å². The van der Waals surface area contributed by atoms with Crippen molar-refractivity contribution in [2.75, 3.05) is 0 Å². The van der Waals surface area contributed by atoms with E-state index in [0.717, 1.165) is 5.92 Å². The first-order valence-electron chi connectivity index (χ1n) is 3.56. The first kappa shape index (κ1) is 12.7. The molecule has 0 saturated heterocycles. The van der Waals surface area contributed by atoms with Gasteiger partial charge >= 0.3 is 65.3 Å². The second kappa shape index (κ2) is 9.06. The Morgan fingerprint density at radius 2 is 1.78 bits per heavy atom. The van der Waals surface area contributed by atoms with E-state index >= 15 is 0 Å². The van der Waals surface area contributed by atoms with E-state index in [1.807, 2.05) is 0 Å². The Bertz CT molecular complexity index is 46.2. The van der Waals surface area contributed by atoms with Crippen molar-refractivity contribution in [1.29, 1.82) is 0 Å². The van der Waals surface area contributed by atoms with Crippen LogP contribution in [0.5, 0.6) is 0 Å². The fourth-order valence-electron chi connectivity index (χ4n) is 0.729. The van der Waals surface area contributed by atoms with E-state index in [2.05, 4.69) is 35.6 Å². The molecule has 0 aliphatic heterocycles. The second-order valence-corrected chi connectivity index (χ2v) is 3.45. The molecule has 0 fully saturated rings. The van der Waals surface area contributed by atoms with Gasteiger partial charge in [0.15, 0.2) is 0 Å². The monoisotopic (exact) mass is 158 g/mol. The van der Waals surface area contributed by atoms with E-state index in [1.54, 1.807) is 0 Å². The number of hydrogen-bond donors (Lipinski definition) is 0. The number of rotatable bonds is 4. The van der Waals surface area contributed by atoms with Gasteiger partial charge in [0.25, 0.3) is 0 Å². The summed E-state index contributed by atoms with van der Waals surface area (Å²) in [4.78, 5) is 0. The Morgan fingerprint density at radius 3 is 2.11 bits per heavy atom. The molecule has 2 heteroatoms. The molecule has 0 spiro atoms. The van der Waals surface area contributed by atoms with Crippen LogP contribution in [-0.4, -0.2) is 21.7 Å². The maximum atomic E-state index is 2.29. The molecule has 0 radical (unpaired) electrons. The zero-order valence-corrected chi connectivity index (χ0v) is 8.66. The smallest absolute Gasteiger partial charge is 1.00 e. The van der Waals surface area contributed by atoms with Crippen LogP contribution in [0, 0.1) is 5.92 Å². The fourth-order valence-corrected chi connectivity index (χ4v) is 1.08. The average molecular weight is 159 g/mol. The molecular weight excluding hydrogens is 144 g/mol. The molecule has 0 nitrogen and oxygen atoms in total. The molecule has 0 aromatic carbocycles. The maximum absolute atomic E-state index is 2.29. The minimum atomic E-state index is 0. The largest absolute Gasteiger partial charge is 1.00 e. The van der Waals surface area contributed by atoms with Gasteiger partial charge in [-0.15, -0.1) is 0 Å². The van der Waals surface area contributed by atoms with Gasteiger partial charge in [-0.05, 0) is 0 Å². The Balaban J connectivity index is 0. The fraction of sp³-hybridized carbons (Fsp3) is 1.00. The molecule has 0 N–H and O–H groups in total. The molecule has 0 bridgehead atoms. The summed E-state index contributed by atoms with van der Waals surface area (Å²) in [5.74, 6) is 0.907. The van der Waals surface area contributed by atoms with Crippen LogP contribution in [0.25, 0.3) is 0 Å². The van der Waals surface area contributed by atoms with Crippen LogP contribution in [0.15, 0.2) is 0 Å². The minimum absolute atomic E-state index is 0. The molecule has 0 aromatic heterocycles. The normalized spacial score (nSPS) is 9.44. The summed E-state index contributed by atoms with van der Waals surface area (Å²) in [6, 6.07) is 0. The van der Waals surface area contributed by atoms with Gasteiger partial charge in [0.1, 0.15) is 0 Å². The summed E-state index contributed by atoms with van der Waals surface area (Å²) in [6.45, 7) is 4.58. The minimum Gasteiger partial charge on any atom is -1.00 e. The second-order valence-electron chi connectivity index (χ2n) is 2.74. The molecule has 0 aromatic rings. The molecule has 9 heavy (non-hydrogen) atoms. The molecule has 0 heterocycles. The van der Waals surface area contributed by atoms with Gasteiger partial charge in [0.05, 0.1) is 0 Å². The van der Waals surface area contributed by atoms with Crippen molar-refractivity contribution in [3.63, 3.8) is 0 Å². The summed E-state index contributed by atoms with van der Waals surface area (Å²) in [6.07, 6.45) is 4.27. The molecule has 0 aliphatic carbocycles. The zero-order valence-electron chi connectivity index (χ0n) is 6.49. The van der Waals surface area contributed by atoms with Crippen LogP contribution in [0.4, 0.5) is 0 Å². The zero-order chi connectivity index (χ0) is 6.41. The van der Waals surface area contributed by atoms with Crippen molar-refractivity contribution in [2.45, 2.75) is 37.7 Å².